The number of carbonyl (C=O) groups excluding carboxylic acids is 2. The summed E-state index contributed by atoms with van der Waals surface area (Å²) in [6.45, 7) is 10.7. The lowest BCUT2D eigenvalue weighted by molar-refractivity contribution is -0.124. The second kappa shape index (κ2) is 9.36. The average molecular weight is 341 g/mol. The first-order valence-corrected chi connectivity index (χ1v) is 8.84. The Morgan fingerprint density at radius 3 is 2.44 bits per heavy atom. The van der Waals surface area contributed by atoms with Crippen molar-refractivity contribution in [2.24, 2.45) is 11.1 Å². The van der Waals surface area contributed by atoms with E-state index in [0.29, 0.717) is 0 Å². The Morgan fingerprint density at radius 2 is 1.84 bits per heavy atom. The van der Waals surface area contributed by atoms with Gasteiger partial charge in [-0.25, -0.2) is 0 Å². The molecule has 25 heavy (non-hydrogen) atoms. The van der Waals surface area contributed by atoms with Crippen molar-refractivity contribution in [3.8, 4) is 0 Å². The van der Waals surface area contributed by atoms with Crippen LogP contribution in [0.15, 0.2) is 58.7 Å². The van der Waals surface area contributed by atoms with E-state index in [1.807, 2.05) is 25.2 Å². The van der Waals surface area contributed by atoms with Gasteiger partial charge < -0.3 is 5.73 Å². The van der Waals surface area contributed by atoms with Gasteiger partial charge in [0.25, 0.3) is 0 Å². The number of rotatable bonds is 7. The van der Waals surface area contributed by atoms with E-state index in [1.54, 1.807) is 0 Å². The average Bonchev–Trinajstić information content (AvgIpc) is 2.44. The van der Waals surface area contributed by atoms with Gasteiger partial charge in [-0.15, -0.1) is 0 Å². The Bertz CT molecular complexity index is 670. The van der Waals surface area contributed by atoms with Crippen molar-refractivity contribution < 1.29 is 9.59 Å². The molecule has 3 heteroatoms. The van der Waals surface area contributed by atoms with E-state index in [9.17, 15) is 9.59 Å². The van der Waals surface area contributed by atoms with Gasteiger partial charge in [0.1, 0.15) is 0 Å². The van der Waals surface area contributed by atoms with Crippen molar-refractivity contribution in [3.63, 3.8) is 0 Å². The topological polar surface area (TPSA) is 60.2 Å². The van der Waals surface area contributed by atoms with Crippen molar-refractivity contribution in [2.45, 2.75) is 60.3 Å². The molecule has 0 radical (unpaired) electrons. The minimum Gasteiger partial charge on any atom is -0.369 e. The predicted molar refractivity (Wildman–Crippen MR) is 105 cm³/mol. The van der Waals surface area contributed by atoms with Crippen molar-refractivity contribution in [3.05, 3.63) is 58.7 Å². The monoisotopic (exact) mass is 341 g/mol. The molecular weight excluding hydrogens is 310 g/mol. The van der Waals surface area contributed by atoms with Crippen LogP contribution in [-0.4, -0.2) is 11.7 Å². The number of allylic oxidation sites excluding steroid dienone is 10. The van der Waals surface area contributed by atoms with E-state index < -0.39 is 5.91 Å². The maximum atomic E-state index is 11.5. The van der Waals surface area contributed by atoms with Crippen molar-refractivity contribution in [2.75, 3.05) is 0 Å². The molecule has 0 aliphatic heterocycles. The van der Waals surface area contributed by atoms with Gasteiger partial charge in [-0.05, 0) is 62.7 Å². The third kappa shape index (κ3) is 7.51. The number of carbonyl (C=O) groups is 2. The second-order valence-electron chi connectivity index (χ2n) is 7.53. The Balaban J connectivity index is 2.74. The summed E-state index contributed by atoms with van der Waals surface area (Å²) in [4.78, 5) is 22.2. The summed E-state index contributed by atoms with van der Waals surface area (Å²) in [7, 11) is 0. The summed E-state index contributed by atoms with van der Waals surface area (Å²) in [5.41, 5.74) is 10.1. The van der Waals surface area contributed by atoms with E-state index in [2.05, 4.69) is 39.8 Å². The molecule has 2 N–H and O–H groups in total. The van der Waals surface area contributed by atoms with Gasteiger partial charge in [0.05, 0.1) is 6.42 Å². The zero-order valence-electron chi connectivity index (χ0n) is 16.2. The van der Waals surface area contributed by atoms with Gasteiger partial charge >= 0.3 is 0 Å². The molecule has 0 atom stereocenters. The normalized spacial score (nSPS) is 19.1. The number of primary amides is 1. The maximum Gasteiger partial charge on any atom is 0.225 e. The summed E-state index contributed by atoms with van der Waals surface area (Å²) >= 11 is 0. The van der Waals surface area contributed by atoms with Crippen LogP contribution >= 0.6 is 0 Å². The second-order valence-corrected chi connectivity index (χ2v) is 7.53. The molecule has 0 aromatic rings. The van der Waals surface area contributed by atoms with Crippen molar-refractivity contribution >= 4 is 11.7 Å². The van der Waals surface area contributed by atoms with Crippen LogP contribution in [0.2, 0.25) is 0 Å². The van der Waals surface area contributed by atoms with Crippen LogP contribution in [0.4, 0.5) is 0 Å². The van der Waals surface area contributed by atoms with E-state index in [0.717, 1.165) is 11.1 Å². The highest BCUT2D eigenvalue weighted by Gasteiger charge is 2.26. The molecule has 1 rings (SSSR count). The molecular formula is C22H31NO2. The summed E-state index contributed by atoms with van der Waals surface area (Å²) < 4.78 is 0. The third-order valence-electron chi connectivity index (χ3n) is 4.51. The lowest BCUT2D eigenvalue weighted by Gasteiger charge is -2.32. The fraction of sp³-hybridized carbons (Fsp3) is 0.455. The molecule has 0 bridgehead atoms. The van der Waals surface area contributed by atoms with Gasteiger partial charge in [-0.3, -0.25) is 9.59 Å². The lowest BCUT2D eigenvalue weighted by Crippen LogP contribution is -2.19. The van der Waals surface area contributed by atoms with E-state index in [1.165, 1.54) is 36.5 Å². The molecule has 0 unspecified atom stereocenters. The van der Waals surface area contributed by atoms with Gasteiger partial charge in [0.15, 0.2) is 5.78 Å². The first-order valence-electron chi connectivity index (χ1n) is 8.84. The fourth-order valence-electron chi connectivity index (χ4n) is 3.16. The Kier molecular flexibility index (Phi) is 7.82. The van der Waals surface area contributed by atoms with Crippen molar-refractivity contribution in [1.29, 1.82) is 0 Å². The van der Waals surface area contributed by atoms with Crippen LogP contribution in [0, 0.1) is 5.41 Å². The van der Waals surface area contributed by atoms with E-state index in [4.69, 9.17) is 5.73 Å². The zero-order chi connectivity index (χ0) is 19.0. The standard InChI is InChI=1S/C22H31NO2/c1-16(8-6-9-17(2)14-19(24)15-21(23)25)11-12-20-18(3)10-7-13-22(20,4)5/h6,8-9,11-12,14H,7,10,13,15H2,1-5H3,(H2,23,25)/b9-6+,12-11+,16-8+,17-14+. The van der Waals surface area contributed by atoms with Gasteiger partial charge in [-0.1, -0.05) is 55.4 Å². The van der Waals surface area contributed by atoms with Crippen LogP contribution in [0.5, 0.6) is 0 Å². The summed E-state index contributed by atoms with van der Waals surface area (Å²) in [5.74, 6) is -0.869. The molecule has 3 nitrogen and oxygen atoms in total. The maximum absolute atomic E-state index is 11.5. The minimum absolute atomic E-state index is 0.243. The predicted octanol–water partition coefficient (Wildman–Crippen LogP) is 4.96. The molecule has 0 heterocycles. The minimum atomic E-state index is -0.603. The molecule has 0 saturated carbocycles. The molecule has 0 fully saturated rings. The molecule has 136 valence electrons. The van der Waals surface area contributed by atoms with Gasteiger partial charge in [0, 0.05) is 0 Å². The highest BCUT2D eigenvalue weighted by molar-refractivity contribution is 6.03. The number of nitrogens with two attached hydrogens (primary N) is 1. The molecule has 0 saturated heterocycles. The van der Waals surface area contributed by atoms with Crippen LogP contribution < -0.4 is 5.73 Å². The van der Waals surface area contributed by atoms with Gasteiger partial charge in [0.2, 0.25) is 5.91 Å². The van der Waals surface area contributed by atoms with E-state index >= 15 is 0 Å². The Morgan fingerprint density at radius 1 is 1.16 bits per heavy atom. The smallest absolute Gasteiger partial charge is 0.225 e. The summed E-state index contributed by atoms with van der Waals surface area (Å²) in [6, 6.07) is 0. The fourth-order valence-corrected chi connectivity index (χ4v) is 3.16. The number of hydrogen-bond acceptors (Lipinski definition) is 2. The van der Waals surface area contributed by atoms with Crippen LogP contribution in [0.25, 0.3) is 0 Å². The van der Waals surface area contributed by atoms with Crippen molar-refractivity contribution in [1.82, 2.24) is 0 Å². The van der Waals surface area contributed by atoms with Crippen LogP contribution in [0.1, 0.15) is 60.3 Å². The first kappa shape index (κ1) is 20.9. The zero-order valence-corrected chi connectivity index (χ0v) is 16.2. The Hall–Kier alpha value is -2.16. The van der Waals surface area contributed by atoms with Crippen LogP contribution in [-0.2, 0) is 9.59 Å². The quantitative estimate of drug-likeness (QED) is 0.404. The number of amides is 1. The summed E-state index contributed by atoms with van der Waals surface area (Å²) in [5, 5.41) is 0. The molecule has 1 amide bonds. The van der Waals surface area contributed by atoms with Crippen LogP contribution in [0.3, 0.4) is 0 Å². The highest BCUT2D eigenvalue weighted by Crippen LogP contribution is 2.40. The third-order valence-corrected chi connectivity index (χ3v) is 4.51. The molecule has 0 aromatic heterocycles. The van der Waals surface area contributed by atoms with E-state index in [-0.39, 0.29) is 17.6 Å². The SMILES string of the molecule is CC1=C(/C=C/C(C)=C/C=C/C(C)=C/C(=O)CC(N)=O)C(C)(C)CCC1. The largest absolute Gasteiger partial charge is 0.369 e. The molecule has 0 spiro atoms. The Labute approximate surface area is 152 Å². The summed E-state index contributed by atoms with van der Waals surface area (Å²) in [6.07, 6.45) is 15.1. The molecule has 0 aromatic carbocycles. The number of hydrogen-bond donors (Lipinski definition) is 1. The van der Waals surface area contributed by atoms with Gasteiger partial charge in [-0.2, -0.15) is 0 Å². The number of ketones is 1. The molecule has 1 aliphatic rings. The lowest BCUT2D eigenvalue weighted by atomic mass is 9.72. The first-order chi connectivity index (χ1) is 11.6. The molecule has 1 aliphatic carbocycles. The highest BCUT2D eigenvalue weighted by atomic mass is 16.2.